The number of nitro benzene ring substituents is 1. The lowest BCUT2D eigenvalue weighted by atomic mass is 10.1. The van der Waals surface area contributed by atoms with Gasteiger partial charge in [0.25, 0.3) is 11.6 Å². The summed E-state index contributed by atoms with van der Waals surface area (Å²) in [6.07, 6.45) is 1.95. The zero-order chi connectivity index (χ0) is 19.4. The van der Waals surface area contributed by atoms with Gasteiger partial charge in [-0.3, -0.25) is 19.6 Å². The molecule has 27 heavy (non-hydrogen) atoms. The van der Waals surface area contributed by atoms with Crippen LogP contribution in [0.2, 0.25) is 0 Å². The molecule has 0 unspecified atom stereocenters. The van der Waals surface area contributed by atoms with Crippen LogP contribution in [0, 0.1) is 15.9 Å². The number of hydrogen-bond donors (Lipinski definition) is 1. The van der Waals surface area contributed by atoms with E-state index in [2.05, 4.69) is 10.4 Å². The van der Waals surface area contributed by atoms with Crippen molar-refractivity contribution in [1.82, 2.24) is 15.1 Å². The van der Waals surface area contributed by atoms with E-state index < -0.39 is 4.92 Å². The van der Waals surface area contributed by atoms with Gasteiger partial charge in [-0.25, -0.2) is 4.39 Å². The van der Waals surface area contributed by atoms with Crippen molar-refractivity contribution >= 4 is 11.6 Å². The predicted molar refractivity (Wildman–Crippen MR) is 97.7 cm³/mol. The van der Waals surface area contributed by atoms with Gasteiger partial charge in [-0.15, -0.1) is 0 Å². The van der Waals surface area contributed by atoms with E-state index in [1.165, 1.54) is 22.9 Å². The quantitative estimate of drug-likeness (QED) is 0.535. The van der Waals surface area contributed by atoms with Crippen LogP contribution in [0.4, 0.5) is 10.1 Å². The number of nitrogens with one attached hydrogen (secondary N) is 1. The summed E-state index contributed by atoms with van der Waals surface area (Å²) in [4.78, 5) is 22.8. The monoisotopic (exact) mass is 368 g/mol. The number of hydrogen-bond acceptors (Lipinski definition) is 4. The number of halogens is 1. The molecule has 0 saturated carbocycles. The van der Waals surface area contributed by atoms with Crippen LogP contribution in [0.3, 0.4) is 0 Å². The highest BCUT2D eigenvalue weighted by Gasteiger charge is 2.18. The number of aromatic nitrogens is 2. The van der Waals surface area contributed by atoms with Crippen LogP contribution in [-0.4, -0.2) is 27.2 Å². The van der Waals surface area contributed by atoms with Gasteiger partial charge in [0.15, 0.2) is 0 Å². The van der Waals surface area contributed by atoms with Crippen molar-refractivity contribution < 1.29 is 14.1 Å². The molecule has 1 heterocycles. The third kappa shape index (κ3) is 4.17. The molecular formula is C19H17FN4O3. The van der Waals surface area contributed by atoms with E-state index in [-0.39, 0.29) is 24.0 Å². The number of benzene rings is 2. The Kier molecular flexibility index (Phi) is 5.25. The molecule has 0 aliphatic heterocycles. The molecule has 0 aliphatic rings. The SMILES string of the molecule is Cn1cc(C(=O)NCCc2ccccc2F)c(-c2ccc([N+](=O)[O-])cc2)n1. The lowest BCUT2D eigenvalue weighted by Gasteiger charge is -2.06. The second kappa shape index (κ2) is 7.77. The Morgan fingerprint density at radius 2 is 1.93 bits per heavy atom. The number of carbonyl (C=O) groups is 1. The molecular weight excluding hydrogens is 351 g/mol. The van der Waals surface area contributed by atoms with E-state index in [4.69, 9.17) is 0 Å². The van der Waals surface area contributed by atoms with E-state index in [1.807, 2.05) is 0 Å². The van der Waals surface area contributed by atoms with E-state index in [9.17, 15) is 19.3 Å². The zero-order valence-corrected chi connectivity index (χ0v) is 14.6. The maximum atomic E-state index is 13.6. The number of non-ortho nitro benzene ring substituents is 1. The minimum Gasteiger partial charge on any atom is -0.352 e. The van der Waals surface area contributed by atoms with E-state index >= 15 is 0 Å². The second-order valence-corrected chi connectivity index (χ2v) is 5.97. The smallest absolute Gasteiger partial charge is 0.269 e. The average molecular weight is 368 g/mol. The highest BCUT2D eigenvalue weighted by atomic mass is 19.1. The largest absolute Gasteiger partial charge is 0.352 e. The maximum Gasteiger partial charge on any atom is 0.269 e. The Labute approximate surface area is 154 Å². The average Bonchev–Trinajstić information content (AvgIpc) is 3.05. The summed E-state index contributed by atoms with van der Waals surface area (Å²) in [6.45, 7) is 0.272. The molecule has 0 spiro atoms. The van der Waals surface area contributed by atoms with Crippen molar-refractivity contribution in [2.24, 2.45) is 7.05 Å². The number of carbonyl (C=O) groups excluding carboxylic acids is 1. The van der Waals surface area contributed by atoms with Gasteiger partial charge in [0, 0.05) is 37.5 Å². The summed E-state index contributed by atoms with van der Waals surface area (Å²) in [5, 5.41) is 17.8. The van der Waals surface area contributed by atoms with E-state index in [1.54, 1.807) is 43.6 Å². The molecule has 138 valence electrons. The number of rotatable bonds is 6. The van der Waals surface area contributed by atoms with Crippen molar-refractivity contribution in [3.8, 4) is 11.3 Å². The highest BCUT2D eigenvalue weighted by molar-refractivity contribution is 5.99. The first kappa shape index (κ1) is 18.2. The molecule has 3 rings (SSSR count). The third-order valence-corrected chi connectivity index (χ3v) is 4.06. The minimum absolute atomic E-state index is 0.0365. The first-order valence-corrected chi connectivity index (χ1v) is 8.26. The standard InChI is InChI=1S/C19H17FN4O3/c1-23-12-16(18(22-23)14-6-8-15(9-7-14)24(26)27)19(25)21-11-10-13-4-2-3-5-17(13)20/h2-9,12H,10-11H2,1H3,(H,21,25). The molecule has 0 radical (unpaired) electrons. The molecule has 0 saturated heterocycles. The first-order chi connectivity index (χ1) is 13.0. The van der Waals surface area contributed by atoms with E-state index in [0.29, 0.717) is 28.8 Å². The van der Waals surface area contributed by atoms with Crippen molar-refractivity contribution in [3.05, 3.63) is 81.8 Å². The molecule has 1 aromatic heterocycles. The van der Waals surface area contributed by atoms with Gasteiger partial charge in [-0.2, -0.15) is 5.10 Å². The molecule has 0 bridgehead atoms. The number of aryl methyl sites for hydroxylation is 1. The normalized spacial score (nSPS) is 10.6. The summed E-state index contributed by atoms with van der Waals surface area (Å²) >= 11 is 0. The zero-order valence-electron chi connectivity index (χ0n) is 14.6. The van der Waals surface area contributed by atoms with Gasteiger partial charge >= 0.3 is 0 Å². The van der Waals surface area contributed by atoms with Gasteiger partial charge in [0.2, 0.25) is 0 Å². The summed E-state index contributed by atoms with van der Waals surface area (Å²) in [6, 6.07) is 12.2. The number of nitrogens with zero attached hydrogens (tertiary/aromatic N) is 3. The Balaban J connectivity index is 1.74. The lowest BCUT2D eigenvalue weighted by molar-refractivity contribution is -0.384. The Bertz CT molecular complexity index is 983. The van der Waals surface area contributed by atoms with Crippen molar-refractivity contribution in [3.63, 3.8) is 0 Å². The van der Waals surface area contributed by atoms with Crippen molar-refractivity contribution in [1.29, 1.82) is 0 Å². The molecule has 8 heteroatoms. The fraction of sp³-hybridized carbons (Fsp3) is 0.158. The third-order valence-electron chi connectivity index (χ3n) is 4.06. The van der Waals surface area contributed by atoms with Crippen LogP contribution in [0.1, 0.15) is 15.9 Å². The number of amides is 1. The number of nitro groups is 1. The van der Waals surface area contributed by atoms with Crippen LogP contribution in [0.5, 0.6) is 0 Å². The molecule has 0 atom stereocenters. The topological polar surface area (TPSA) is 90.1 Å². The summed E-state index contributed by atoms with van der Waals surface area (Å²) in [5.41, 5.74) is 1.86. The molecule has 0 aliphatic carbocycles. The minimum atomic E-state index is -0.488. The van der Waals surface area contributed by atoms with Crippen molar-refractivity contribution in [2.75, 3.05) is 6.54 Å². The summed E-state index contributed by atoms with van der Waals surface area (Å²) in [5.74, 6) is -0.646. The Hall–Kier alpha value is -3.55. The van der Waals surface area contributed by atoms with Crippen LogP contribution >= 0.6 is 0 Å². The van der Waals surface area contributed by atoms with Crippen LogP contribution < -0.4 is 5.32 Å². The van der Waals surface area contributed by atoms with Gasteiger partial charge < -0.3 is 5.32 Å². The molecule has 1 amide bonds. The van der Waals surface area contributed by atoms with Crippen LogP contribution in [0.15, 0.2) is 54.7 Å². The first-order valence-electron chi connectivity index (χ1n) is 8.26. The summed E-state index contributed by atoms with van der Waals surface area (Å²) in [7, 11) is 1.69. The van der Waals surface area contributed by atoms with Gasteiger partial charge in [-0.05, 0) is 30.2 Å². The molecule has 1 N–H and O–H groups in total. The highest BCUT2D eigenvalue weighted by Crippen LogP contribution is 2.24. The fourth-order valence-electron chi connectivity index (χ4n) is 2.72. The second-order valence-electron chi connectivity index (χ2n) is 5.97. The molecule has 3 aromatic rings. The maximum absolute atomic E-state index is 13.6. The Morgan fingerprint density at radius 1 is 1.22 bits per heavy atom. The molecule has 2 aromatic carbocycles. The summed E-state index contributed by atoms with van der Waals surface area (Å²) < 4.78 is 15.1. The molecule has 7 nitrogen and oxygen atoms in total. The van der Waals surface area contributed by atoms with Gasteiger partial charge in [-0.1, -0.05) is 18.2 Å². The Morgan fingerprint density at radius 3 is 2.59 bits per heavy atom. The van der Waals surface area contributed by atoms with Gasteiger partial charge in [0.1, 0.15) is 11.5 Å². The van der Waals surface area contributed by atoms with Crippen LogP contribution in [-0.2, 0) is 13.5 Å². The predicted octanol–water partition coefficient (Wildman–Crippen LogP) is 3.11. The van der Waals surface area contributed by atoms with Crippen molar-refractivity contribution in [2.45, 2.75) is 6.42 Å². The lowest BCUT2D eigenvalue weighted by Crippen LogP contribution is -2.26. The fourth-order valence-corrected chi connectivity index (χ4v) is 2.72. The molecule has 0 fully saturated rings. The van der Waals surface area contributed by atoms with E-state index in [0.717, 1.165) is 0 Å². The van der Waals surface area contributed by atoms with Crippen LogP contribution in [0.25, 0.3) is 11.3 Å². The van der Waals surface area contributed by atoms with Gasteiger partial charge in [0.05, 0.1) is 10.5 Å².